The molecule has 2 aromatic rings. The van der Waals surface area contributed by atoms with Crippen molar-refractivity contribution in [3.63, 3.8) is 0 Å². The lowest BCUT2D eigenvalue weighted by Gasteiger charge is -2.23. The predicted molar refractivity (Wildman–Crippen MR) is 85.5 cm³/mol. The summed E-state index contributed by atoms with van der Waals surface area (Å²) in [5.74, 6) is -0.0406. The van der Waals surface area contributed by atoms with Crippen molar-refractivity contribution in [1.82, 2.24) is 20.3 Å². The Labute approximate surface area is 129 Å². The highest BCUT2D eigenvalue weighted by molar-refractivity contribution is 5.81. The molecule has 0 saturated carbocycles. The van der Waals surface area contributed by atoms with Crippen LogP contribution in [0.2, 0.25) is 0 Å². The van der Waals surface area contributed by atoms with E-state index < -0.39 is 5.41 Å². The fraction of sp³-hybridized carbons (Fsp3) is 0.500. The Bertz CT molecular complexity index is 731. The molecule has 22 heavy (non-hydrogen) atoms. The van der Waals surface area contributed by atoms with Crippen molar-refractivity contribution in [1.29, 1.82) is 0 Å². The Morgan fingerprint density at radius 3 is 2.64 bits per heavy atom. The fourth-order valence-corrected chi connectivity index (χ4v) is 2.03. The van der Waals surface area contributed by atoms with Crippen LogP contribution in [0.15, 0.2) is 29.1 Å². The average molecular weight is 302 g/mol. The van der Waals surface area contributed by atoms with E-state index in [4.69, 9.17) is 0 Å². The summed E-state index contributed by atoms with van der Waals surface area (Å²) in [7, 11) is 0. The van der Waals surface area contributed by atoms with E-state index in [-0.39, 0.29) is 17.5 Å². The van der Waals surface area contributed by atoms with Crippen LogP contribution in [0.1, 0.15) is 34.1 Å². The summed E-state index contributed by atoms with van der Waals surface area (Å²) in [5.41, 5.74) is -0.0717. The third-order valence-corrected chi connectivity index (χ3v) is 3.53. The van der Waals surface area contributed by atoms with Gasteiger partial charge in [0.05, 0.1) is 11.9 Å². The van der Waals surface area contributed by atoms with Crippen molar-refractivity contribution >= 4 is 16.8 Å². The molecule has 6 nitrogen and oxygen atoms in total. The van der Waals surface area contributed by atoms with Crippen molar-refractivity contribution in [2.45, 2.75) is 46.7 Å². The second-order valence-electron chi connectivity index (χ2n) is 6.42. The van der Waals surface area contributed by atoms with Gasteiger partial charge in [-0.3, -0.25) is 9.59 Å². The molecule has 0 radical (unpaired) electrons. The van der Waals surface area contributed by atoms with Crippen LogP contribution in [0, 0.1) is 5.41 Å². The van der Waals surface area contributed by atoms with Gasteiger partial charge in [-0.15, -0.1) is 5.10 Å². The first-order valence-electron chi connectivity index (χ1n) is 7.46. The molecule has 1 aromatic carbocycles. The maximum Gasteiger partial charge on any atom is 0.277 e. The Balaban J connectivity index is 2.23. The summed E-state index contributed by atoms with van der Waals surface area (Å²) in [5, 5.41) is 11.5. The van der Waals surface area contributed by atoms with Crippen LogP contribution in [0.25, 0.3) is 10.9 Å². The van der Waals surface area contributed by atoms with E-state index in [0.29, 0.717) is 23.9 Å². The number of aromatic nitrogens is 3. The van der Waals surface area contributed by atoms with Crippen molar-refractivity contribution < 1.29 is 4.79 Å². The number of rotatable bonds is 4. The van der Waals surface area contributed by atoms with Crippen LogP contribution >= 0.6 is 0 Å². The van der Waals surface area contributed by atoms with E-state index >= 15 is 0 Å². The van der Waals surface area contributed by atoms with Crippen LogP contribution < -0.4 is 10.9 Å². The van der Waals surface area contributed by atoms with Crippen LogP contribution in [0.5, 0.6) is 0 Å². The number of nitrogens with one attached hydrogen (secondary N) is 1. The molecule has 118 valence electrons. The van der Waals surface area contributed by atoms with Crippen LogP contribution in [-0.2, 0) is 11.3 Å². The highest BCUT2D eigenvalue weighted by Crippen LogP contribution is 2.13. The standard InChI is InChI=1S/C16H22N4O2/c1-5-11(17-15(22)16(2,3)4)10-20-14(21)12-8-6-7-9-13(12)18-19-20/h6-9,11H,5,10H2,1-4H3,(H,17,22)/t11-/m0/s1. The maximum absolute atomic E-state index is 12.4. The van der Waals surface area contributed by atoms with Crippen molar-refractivity contribution in [3.05, 3.63) is 34.6 Å². The van der Waals surface area contributed by atoms with Gasteiger partial charge < -0.3 is 5.32 Å². The Hall–Kier alpha value is -2.24. The molecule has 0 aliphatic carbocycles. The quantitative estimate of drug-likeness (QED) is 0.933. The molecule has 1 amide bonds. The number of benzene rings is 1. The predicted octanol–water partition coefficient (Wildman–Crippen LogP) is 1.73. The van der Waals surface area contributed by atoms with E-state index in [1.165, 1.54) is 4.68 Å². The Morgan fingerprint density at radius 1 is 1.32 bits per heavy atom. The van der Waals surface area contributed by atoms with Crippen LogP contribution in [0.4, 0.5) is 0 Å². The first-order chi connectivity index (χ1) is 10.3. The molecule has 0 spiro atoms. The topological polar surface area (TPSA) is 76.9 Å². The largest absolute Gasteiger partial charge is 0.351 e. The van der Waals surface area contributed by atoms with Gasteiger partial charge >= 0.3 is 0 Å². The first kappa shape index (κ1) is 16.1. The molecule has 0 aliphatic heterocycles. The molecule has 1 N–H and O–H groups in total. The number of carbonyl (C=O) groups excluding carboxylic acids is 1. The minimum atomic E-state index is -0.465. The highest BCUT2D eigenvalue weighted by atomic mass is 16.2. The summed E-state index contributed by atoms with van der Waals surface area (Å²) in [6.07, 6.45) is 0.711. The molecule has 0 unspecified atom stereocenters. The maximum atomic E-state index is 12.4. The molecular formula is C16H22N4O2. The monoisotopic (exact) mass is 302 g/mol. The first-order valence-corrected chi connectivity index (χ1v) is 7.46. The third-order valence-electron chi connectivity index (χ3n) is 3.53. The zero-order valence-electron chi connectivity index (χ0n) is 13.5. The van der Waals surface area contributed by atoms with Gasteiger partial charge in [-0.2, -0.15) is 0 Å². The average Bonchev–Trinajstić information content (AvgIpc) is 2.48. The minimum Gasteiger partial charge on any atom is -0.351 e. The van der Waals surface area contributed by atoms with Gasteiger partial charge in [0.1, 0.15) is 5.52 Å². The lowest BCUT2D eigenvalue weighted by atomic mass is 9.95. The minimum absolute atomic E-state index is 0.0406. The molecule has 1 atom stereocenters. The third kappa shape index (κ3) is 3.50. The normalized spacial score (nSPS) is 13.1. The van der Waals surface area contributed by atoms with Gasteiger partial charge in [-0.05, 0) is 18.6 Å². The molecule has 0 bridgehead atoms. The Kier molecular flexibility index (Phi) is 4.59. The van der Waals surface area contributed by atoms with E-state index in [9.17, 15) is 9.59 Å². The number of hydrogen-bond acceptors (Lipinski definition) is 4. The van der Waals surface area contributed by atoms with E-state index in [0.717, 1.165) is 0 Å². The number of carbonyl (C=O) groups is 1. The van der Waals surface area contributed by atoms with Gasteiger partial charge in [0, 0.05) is 11.5 Å². The lowest BCUT2D eigenvalue weighted by molar-refractivity contribution is -0.129. The summed E-state index contributed by atoms with van der Waals surface area (Å²) in [6, 6.07) is 6.96. The summed E-state index contributed by atoms with van der Waals surface area (Å²) < 4.78 is 1.32. The second-order valence-corrected chi connectivity index (χ2v) is 6.42. The highest BCUT2D eigenvalue weighted by Gasteiger charge is 2.24. The summed E-state index contributed by atoms with van der Waals surface area (Å²) in [6.45, 7) is 7.85. The van der Waals surface area contributed by atoms with E-state index in [1.807, 2.05) is 33.8 Å². The molecule has 1 aromatic heterocycles. The second kappa shape index (κ2) is 6.25. The molecule has 0 fully saturated rings. The Morgan fingerprint density at radius 2 is 2.00 bits per heavy atom. The van der Waals surface area contributed by atoms with Gasteiger partial charge in [-0.25, -0.2) is 4.68 Å². The summed E-state index contributed by atoms with van der Waals surface area (Å²) in [4.78, 5) is 24.5. The number of hydrogen-bond donors (Lipinski definition) is 1. The zero-order chi connectivity index (χ0) is 16.3. The SMILES string of the molecule is CC[C@@H](Cn1nnc2ccccc2c1=O)NC(=O)C(C)(C)C. The molecule has 2 rings (SSSR count). The number of amides is 1. The van der Waals surface area contributed by atoms with Crippen LogP contribution in [0.3, 0.4) is 0 Å². The summed E-state index contributed by atoms with van der Waals surface area (Å²) >= 11 is 0. The van der Waals surface area contributed by atoms with E-state index in [1.54, 1.807) is 18.2 Å². The van der Waals surface area contributed by atoms with Gasteiger partial charge in [0.25, 0.3) is 5.56 Å². The zero-order valence-corrected chi connectivity index (χ0v) is 13.5. The molecule has 1 heterocycles. The lowest BCUT2D eigenvalue weighted by Crippen LogP contribution is -2.45. The fourth-order valence-electron chi connectivity index (χ4n) is 2.03. The molecule has 6 heteroatoms. The number of fused-ring (bicyclic) bond motifs is 1. The van der Waals surface area contributed by atoms with E-state index in [2.05, 4.69) is 15.6 Å². The van der Waals surface area contributed by atoms with Gasteiger partial charge in [0.15, 0.2) is 0 Å². The van der Waals surface area contributed by atoms with Gasteiger partial charge in [0.2, 0.25) is 5.91 Å². The van der Waals surface area contributed by atoms with Gasteiger partial charge in [-0.1, -0.05) is 45.0 Å². The van der Waals surface area contributed by atoms with Crippen molar-refractivity contribution in [2.75, 3.05) is 0 Å². The molecular weight excluding hydrogens is 280 g/mol. The smallest absolute Gasteiger partial charge is 0.277 e. The van der Waals surface area contributed by atoms with Crippen molar-refractivity contribution in [3.8, 4) is 0 Å². The number of nitrogens with zero attached hydrogens (tertiary/aromatic N) is 3. The van der Waals surface area contributed by atoms with Crippen LogP contribution in [-0.4, -0.2) is 26.9 Å². The molecule has 0 aliphatic rings. The molecule has 0 saturated heterocycles. The van der Waals surface area contributed by atoms with Crippen molar-refractivity contribution in [2.24, 2.45) is 5.41 Å².